The van der Waals surface area contributed by atoms with E-state index in [0.717, 1.165) is 19.4 Å². The number of aromatic nitrogens is 11. The molecule has 17 heteroatoms. The third-order valence-corrected chi connectivity index (χ3v) is 9.06. The minimum atomic E-state index is -0.867. The average Bonchev–Trinajstić information content (AvgIpc) is 3.93. The van der Waals surface area contributed by atoms with Crippen LogP contribution in [0.15, 0.2) is 93.9 Å². The predicted molar refractivity (Wildman–Crippen MR) is 197 cm³/mol. The molecule has 0 aliphatic rings. The third kappa shape index (κ3) is 6.62. The zero-order valence-corrected chi connectivity index (χ0v) is 29.7. The van der Waals surface area contributed by atoms with E-state index in [1.165, 1.54) is 9.36 Å². The fraction of sp³-hybridized carbons (Fsp3) is 0.243. The Balaban J connectivity index is 1.41. The summed E-state index contributed by atoms with van der Waals surface area (Å²) in [5, 5.41) is 44.4. The highest BCUT2D eigenvalue weighted by Gasteiger charge is 2.23. The molecule has 3 N–H and O–H groups in total. The van der Waals surface area contributed by atoms with Gasteiger partial charge in [0.05, 0.1) is 64.2 Å². The van der Waals surface area contributed by atoms with E-state index in [1.54, 1.807) is 105 Å². The van der Waals surface area contributed by atoms with Crippen molar-refractivity contribution in [2.24, 2.45) is 0 Å². The number of hydrogen-bond donors (Lipinski definition) is 3. The van der Waals surface area contributed by atoms with Crippen LogP contribution in [-0.4, -0.2) is 88.4 Å². The van der Waals surface area contributed by atoms with Gasteiger partial charge in [-0.25, -0.2) is 42.4 Å². The van der Waals surface area contributed by atoms with E-state index < -0.39 is 17.1 Å². The molecule has 4 heterocycles. The Kier molecular flexibility index (Phi) is 9.83. The van der Waals surface area contributed by atoms with Gasteiger partial charge in [-0.05, 0) is 92.1 Å². The van der Waals surface area contributed by atoms with Gasteiger partial charge in [-0.3, -0.25) is 0 Å². The molecular formula is C37H37N11O6. The molecule has 0 saturated heterocycles. The summed E-state index contributed by atoms with van der Waals surface area (Å²) in [4.78, 5) is 47.9. The molecule has 4 aromatic heterocycles. The Bertz CT molecular complexity index is 2360. The summed E-state index contributed by atoms with van der Waals surface area (Å²) in [6, 6.07) is 15.3. The topological polar surface area (TPSA) is 206 Å². The lowest BCUT2D eigenvalue weighted by molar-refractivity contribution is 0.298. The molecule has 7 aromatic rings. The number of hydrogen-bond acceptors (Lipinski definition) is 11. The molecule has 7 rings (SSSR count). The van der Waals surface area contributed by atoms with E-state index in [-0.39, 0.29) is 36.9 Å². The standard InChI is InChI=1S/C37H37N11O6/c1-23-16-29(43-19-26(10-13-49)38-22-43)4-7-32(23)46-35(52)47(33-8-5-30(17-24(33)2)44-20-27(11-14-50)39-41-44)37(54)48(36(46)53)34-9-6-31(18-25(34)3)45-21-28(12-15-51)40-42-45/h4-9,16-22,49-51H,10-15H2,1-3H3. The Labute approximate surface area is 306 Å². The summed E-state index contributed by atoms with van der Waals surface area (Å²) in [5.74, 6) is 0. The molecule has 0 aliphatic heterocycles. The molecular weight excluding hydrogens is 694 g/mol. The molecule has 54 heavy (non-hydrogen) atoms. The molecule has 0 aliphatic carbocycles. The number of imidazole rings is 1. The highest BCUT2D eigenvalue weighted by molar-refractivity contribution is 5.52. The largest absolute Gasteiger partial charge is 0.396 e. The molecule has 17 nitrogen and oxygen atoms in total. The van der Waals surface area contributed by atoms with Crippen LogP contribution in [0.2, 0.25) is 0 Å². The lowest BCUT2D eigenvalue weighted by Crippen LogP contribution is -2.53. The first-order chi connectivity index (χ1) is 26.1. The summed E-state index contributed by atoms with van der Waals surface area (Å²) in [7, 11) is 0. The maximum absolute atomic E-state index is 14.5. The third-order valence-electron chi connectivity index (χ3n) is 9.06. The first-order valence-electron chi connectivity index (χ1n) is 17.1. The first kappa shape index (κ1) is 35.8. The molecule has 0 atom stereocenters. The van der Waals surface area contributed by atoms with E-state index in [1.807, 2.05) is 0 Å². The van der Waals surface area contributed by atoms with Gasteiger partial charge in [-0.2, -0.15) is 0 Å². The van der Waals surface area contributed by atoms with Crippen molar-refractivity contribution in [1.29, 1.82) is 0 Å². The summed E-state index contributed by atoms with van der Waals surface area (Å²) < 4.78 is 7.81. The summed E-state index contributed by atoms with van der Waals surface area (Å²) in [5.41, 5.74) is 3.72. The average molecular weight is 732 g/mol. The molecule has 0 spiro atoms. The molecule has 0 fully saturated rings. The van der Waals surface area contributed by atoms with Gasteiger partial charge in [0.25, 0.3) is 0 Å². The van der Waals surface area contributed by atoms with Gasteiger partial charge in [0, 0.05) is 51.0 Å². The van der Waals surface area contributed by atoms with Crippen LogP contribution in [0.25, 0.3) is 34.1 Å². The molecule has 0 bridgehead atoms. The van der Waals surface area contributed by atoms with Crippen LogP contribution in [0.3, 0.4) is 0 Å². The lowest BCUT2D eigenvalue weighted by atomic mass is 10.1. The molecule has 0 radical (unpaired) electrons. The van der Waals surface area contributed by atoms with Gasteiger partial charge in [-0.1, -0.05) is 10.4 Å². The van der Waals surface area contributed by atoms with E-state index in [0.29, 0.717) is 64.4 Å². The number of benzene rings is 3. The van der Waals surface area contributed by atoms with Crippen molar-refractivity contribution in [3.05, 3.63) is 145 Å². The lowest BCUT2D eigenvalue weighted by Gasteiger charge is -2.18. The smallest absolute Gasteiger partial charge is 0.345 e. The van der Waals surface area contributed by atoms with Crippen molar-refractivity contribution in [2.45, 2.75) is 40.0 Å². The zero-order chi connectivity index (χ0) is 38.1. The van der Waals surface area contributed by atoms with Crippen molar-refractivity contribution in [2.75, 3.05) is 19.8 Å². The maximum Gasteiger partial charge on any atom is 0.345 e. The van der Waals surface area contributed by atoms with Crippen molar-refractivity contribution >= 4 is 0 Å². The van der Waals surface area contributed by atoms with Crippen LogP contribution in [0.5, 0.6) is 0 Å². The molecule has 3 aromatic carbocycles. The van der Waals surface area contributed by atoms with Crippen LogP contribution in [0.1, 0.15) is 33.8 Å². The van der Waals surface area contributed by atoms with Crippen LogP contribution in [0, 0.1) is 20.8 Å². The Morgan fingerprint density at radius 3 is 1.31 bits per heavy atom. The van der Waals surface area contributed by atoms with Crippen LogP contribution in [-0.2, 0) is 19.3 Å². The minimum Gasteiger partial charge on any atom is -0.396 e. The summed E-state index contributed by atoms with van der Waals surface area (Å²) in [6.45, 7) is 5.07. The molecule has 276 valence electrons. The Morgan fingerprint density at radius 1 is 0.519 bits per heavy atom. The first-order valence-corrected chi connectivity index (χ1v) is 17.1. The van der Waals surface area contributed by atoms with E-state index in [2.05, 4.69) is 25.6 Å². The number of rotatable bonds is 12. The maximum atomic E-state index is 14.5. The molecule has 0 saturated carbocycles. The second-order valence-corrected chi connectivity index (χ2v) is 12.8. The Morgan fingerprint density at radius 2 is 0.907 bits per heavy atom. The van der Waals surface area contributed by atoms with Crippen LogP contribution in [0.4, 0.5) is 0 Å². The number of aliphatic hydroxyl groups is 3. The van der Waals surface area contributed by atoms with Crippen molar-refractivity contribution < 1.29 is 15.3 Å². The van der Waals surface area contributed by atoms with Gasteiger partial charge in [0.1, 0.15) is 0 Å². The summed E-state index contributed by atoms with van der Waals surface area (Å²) >= 11 is 0. The van der Waals surface area contributed by atoms with Gasteiger partial charge >= 0.3 is 17.1 Å². The highest BCUT2D eigenvalue weighted by Crippen LogP contribution is 2.21. The normalized spacial score (nSPS) is 11.4. The van der Waals surface area contributed by atoms with Gasteiger partial charge in [-0.15, -0.1) is 10.2 Å². The van der Waals surface area contributed by atoms with Crippen molar-refractivity contribution in [3.8, 4) is 34.1 Å². The van der Waals surface area contributed by atoms with Crippen LogP contribution >= 0.6 is 0 Å². The van der Waals surface area contributed by atoms with Crippen molar-refractivity contribution in [1.82, 2.24) is 53.2 Å². The number of aliphatic hydroxyl groups excluding tert-OH is 3. The van der Waals surface area contributed by atoms with Crippen LogP contribution < -0.4 is 17.1 Å². The monoisotopic (exact) mass is 731 g/mol. The second kappa shape index (κ2) is 14.8. The number of nitrogens with zero attached hydrogens (tertiary/aromatic N) is 11. The van der Waals surface area contributed by atoms with E-state index in [9.17, 15) is 29.7 Å². The predicted octanol–water partition coefficient (Wildman–Crippen LogP) is 1.02. The fourth-order valence-corrected chi connectivity index (χ4v) is 6.34. The highest BCUT2D eigenvalue weighted by atomic mass is 16.3. The van der Waals surface area contributed by atoms with Gasteiger partial charge < -0.3 is 19.9 Å². The Hall–Kier alpha value is -6.56. The number of aryl methyl sites for hydroxylation is 3. The second-order valence-electron chi connectivity index (χ2n) is 12.8. The molecule has 0 amide bonds. The summed E-state index contributed by atoms with van der Waals surface area (Å²) in [6.07, 6.45) is 7.86. The molecule has 0 unspecified atom stereocenters. The zero-order valence-electron chi connectivity index (χ0n) is 29.7. The SMILES string of the molecule is Cc1cc(-n2cnc(CCO)c2)ccc1-n1c(=O)n(-c2ccc(-n3cc(CCO)nn3)cc2C)c(=O)n(-c2ccc(-n3cc(CCO)nn3)cc2C)c1=O. The van der Waals surface area contributed by atoms with Gasteiger partial charge in [0.2, 0.25) is 0 Å². The van der Waals surface area contributed by atoms with E-state index in [4.69, 9.17) is 0 Å². The minimum absolute atomic E-state index is 0.0394. The van der Waals surface area contributed by atoms with Gasteiger partial charge in [0.15, 0.2) is 0 Å². The van der Waals surface area contributed by atoms with Crippen molar-refractivity contribution in [3.63, 3.8) is 0 Å². The van der Waals surface area contributed by atoms with E-state index >= 15 is 0 Å². The quantitative estimate of drug-likeness (QED) is 0.162. The fourth-order valence-electron chi connectivity index (χ4n) is 6.34.